The van der Waals surface area contributed by atoms with E-state index in [4.69, 9.17) is 0 Å². The molecule has 1 aliphatic rings. The highest BCUT2D eigenvalue weighted by Crippen LogP contribution is 2.41. The van der Waals surface area contributed by atoms with Crippen molar-refractivity contribution in [2.75, 3.05) is 0 Å². The smallest absolute Gasteiger partial charge is 0.282 e. The molecule has 2 heterocycles. The second-order valence-corrected chi connectivity index (χ2v) is 5.71. The lowest BCUT2D eigenvalue weighted by molar-refractivity contribution is -0.122. The van der Waals surface area contributed by atoms with Crippen molar-refractivity contribution in [3.8, 4) is 0 Å². The fourth-order valence-electron chi connectivity index (χ4n) is 2.46. The van der Waals surface area contributed by atoms with Crippen LogP contribution in [-0.4, -0.2) is 25.5 Å². The Morgan fingerprint density at radius 1 is 1.48 bits per heavy atom. The van der Waals surface area contributed by atoms with Crippen molar-refractivity contribution in [3.05, 3.63) is 35.4 Å². The standard InChI is InChI=1S/C15H19F2N5O/c1-2-21-8-10(7-19-21)6-18-14(23)9-22-13(11-3-4-11)5-12(20-22)15(16)17/h5,7-8,11,15H,2-4,6,9H2,1H3,(H,18,23). The molecule has 0 radical (unpaired) electrons. The van der Waals surface area contributed by atoms with Gasteiger partial charge >= 0.3 is 0 Å². The van der Waals surface area contributed by atoms with Gasteiger partial charge in [-0.1, -0.05) is 0 Å². The number of carbonyl (C=O) groups is 1. The topological polar surface area (TPSA) is 64.7 Å². The highest BCUT2D eigenvalue weighted by Gasteiger charge is 2.30. The Balaban J connectivity index is 1.60. The molecule has 1 fully saturated rings. The van der Waals surface area contributed by atoms with E-state index in [1.165, 1.54) is 10.7 Å². The van der Waals surface area contributed by atoms with Crippen molar-refractivity contribution in [3.63, 3.8) is 0 Å². The Kier molecular flexibility index (Phi) is 4.40. The molecule has 0 aromatic carbocycles. The number of nitrogens with one attached hydrogen (secondary N) is 1. The summed E-state index contributed by atoms with van der Waals surface area (Å²) >= 11 is 0. The van der Waals surface area contributed by atoms with Gasteiger partial charge in [-0.25, -0.2) is 8.78 Å². The molecule has 1 saturated carbocycles. The number of rotatable bonds is 7. The summed E-state index contributed by atoms with van der Waals surface area (Å²) in [6.07, 6.45) is 2.87. The predicted molar refractivity (Wildman–Crippen MR) is 78.9 cm³/mol. The number of hydrogen-bond donors (Lipinski definition) is 1. The molecule has 1 N–H and O–H groups in total. The second kappa shape index (κ2) is 6.47. The zero-order valence-electron chi connectivity index (χ0n) is 12.9. The molecule has 6 nitrogen and oxygen atoms in total. The number of carbonyl (C=O) groups excluding carboxylic acids is 1. The van der Waals surface area contributed by atoms with Gasteiger partial charge in [0, 0.05) is 36.5 Å². The van der Waals surface area contributed by atoms with Gasteiger partial charge < -0.3 is 5.32 Å². The van der Waals surface area contributed by atoms with Gasteiger partial charge in [0.15, 0.2) is 0 Å². The number of aryl methyl sites for hydroxylation is 1. The van der Waals surface area contributed by atoms with E-state index in [0.29, 0.717) is 6.54 Å². The lowest BCUT2D eigenvalue weighted by atomic mass is 10.2. The van der Waals surface area contributed by atoms with E-state index in [-0.39, 0.29) is 24.1 Å². The van der Waals surface area contributed by atoms with Crippen LogP contribution in [0.5, 0.6) is 0 Å². The first-order valence-corrected chi connectivity index (χ1v) is 7.70. The molecule has 2 aromatic rings. The minimum atomic E-state index is -2.61. The summed E-state index contributed by atoms with van der Waals surface area (Å²) in [6, 6.07) is 1.42. The summed E-state index contributed by atoms with van der Waals surface area (Å²) in [6.45, 7) is 3.07. The number of amides is 1. The largest absolute Gasteiger partial charge is 0.350 e. The maximum absolute atomic E-state index is 12.8. The third-order valence-corrected chi connectivity index (χ3v) is 3.84. The summed E-state index contributed by atoms with van der Waals surface area (Å²) in [4.78, 5) is 12.0. The van der Waals surface area contributed by atoms with Gasteiger partial charge in [0.1, 0.15) is 12.2 Å². The maximum atomic E-state index is 12.8. The second-order valence-electron chi connectivity index (χ2n) is 5.71. The van der Waals surface area contributed by atoms with Crippen LogP contribution in [0.15, 0.2) is 18.5 Å². The van der Waals surface area contributed by atoms with Crippen LogP contribution in [0.25, 0.3) is 0 Å². The molecule has 124 valence electrons. The fraction of sp³-hybridized carbons (Fsp3) is 0.533. The van der Waals surface area contributed by atoms with Crippen molar-refractivity contribution < 1.29 is 13.6 Å². The maximum Gasteiger partial charge on any atom is 0.282 e. The molecule has 23 heavy (non-hydrogen) atoms. The molecule has 0 atom stereocenters. The lowest BCUT2D eigenvalue weighted by Crippen LogP contribution is -2.28. The Morgan fingerprint density at radius 3 is 2.87 bits per heavy atom. The number of nitrogens with zero attached hydrogens (tertiary/aromatic N) is 4. The first kappa shape index (κ1) is 15.6. The zero-order valence-corrected chi connectivity index (χ0v) is 12.9. The van der Waals surface area contributed by atoms with Gasteiger partial charge in [0.25, 0.3) is 6.43 Å². The first-order chi connectivity index (χ1) is 11.1. The van der Waals surface area contributed by atoms with Crippen LogP contribution in [0.4, 0.5) is 8.78 Å². The van der Waals surface area contributed by atoms with Gasteiger partial charge in [-0.2, -0.15) is 10.2 Å². The zero-order chi connectivity index (χ0) is 16.4. The van der Waals surface area contributed by atoms with Crippen LogP contribution in [0.1, 0.15) is 49.1 Å². The third-order valence-electron chi connectivity index (χ3n) is 3.84. The molecule has 0 spiro atoms. The number of halogens is 2. The normalized spacial score (nSPS) is 14.4. The van der Waals surface area contributed by atoms with E-state index in [1.807, 2.05) is 13.1 Å². The van der Waals surface area contributed by atoms with E-state index in [9.17, 15) is 13.6 Å². The molecule has 2 aromatic heterocycles. The fourth-order valence-corrected chi connectivity index (χ4v) is 2.46. The Morgan fingerprint density at radius 2 is 2.26 bits per heavy atom. The Labute approximate surface area is 132 Å². The molecule has 0 bridgehead atoms. The molecule has 0 saturated heterocycles. The van der Waals surface area contributed by atoms with E-state index in [0.717, 1.165) is 30.6 Å². The predicted octanol–water partition coefficient (Wildman–Crippen LogP) is 2.23. The van der Waals surface area contributed by atoms with Crippen molar-refractivity contribution in [2.24, 2.45) is 0 Å². The van der Waals surface area contributed by atoms with Crippen molar-refractivity contribution >= 4 is 5.91 Å². The summed E-state index contributed by atoms with van der Waals surface area (Å²) in [5.41, 5.74) is 1.37. The summed E-state index contributed by atoms with van der Waals surface area (Å²) < 4.78 is 28.8. The van der Waals surface area contributed by atoms with Crippen LogP contribution in [-0.2, 0) is 24.4 Å². The monoisotopic (exact) mass is 323 g/mol. The highest BCUT2D eigenvalue weighted by molar-refractivity contribution is 5.75. The van der Waals surface area contributed by atoms with Crippen LogP contribution in [0.2, 0.25) is 0 Å². The molecule has 3 rings (SSSR count). The Bertz CT molecular complexity index is 690. The van der Waals surface area contributed by atoms with Crippen molar-refractivity contribution in [1.82, 2.24) is 24.9 Å². The van der Waals surface area contributed by atoms with Gasteiger partial charge in [-0.3, -0.25) is 14.2 Å². The SMILES string of the molecule is CCn1cc(CNC(=O)Cn2nc(C(F)F)cc2C2CC2)cn1. The van der Waals surface area contributed by atoms with Crippen LogP contribution < -0.4 is 5.32 Å². The molecule has 1 amide bonds. The molecular formula is C15H19F2N5O. The average molecular weight is 323 g/mol. The van der Waals surface area contributed by atoms with Crippen LogP contribution >= 0.6 is 0 Å². The summed E-state index contributed by atoms with van der Waals surface area (Å²) in [5.74, 6) is 0.00523. The van der Waals surface area contributed by atoms with Crippen LogP contribution in [0.3, 0.4) is 0 Å². The quantitative estimate of drug-likeness (QED) is 0.850. The molecule has 8 heteroatoms. The average Bonchev–Trinajstić information content (AvgIpc) is 3.11. The minimum absolute atomic E-state index is 0.0412. The molecule has 1 aliphatic carbocycles. The molecular weight excluding hydrogens is 304 g/mol. The molecule has 0 unspecified atom stereocenters. The van der Waals surface area contributed by atoms with Gasteiger partial charge in [-0.05, 0) is 25.8 Å². The number of aromatic nitrogens is 4. The van der Waals surface area contributed by atoms with Crippen molar-refractivity contribution in [1.29, 1.82) is 0 Å². The summed E-state index contributed by atoms with van der Waals surface area (Å²) in [7, 11) is 0. The van der Waals surface area contributed by atoms with E-state index in [2.05, 4.69) is 15.5 Å². The number of alkyl halides is 2. The van der Waals surface area contributed by atoms with Gasteiger partial charge in [0.2, 0.25) is 5.91 Å². The summed E-state index contributed by atoms with van der Waals surface area (Å²) in [5, 5.41) is 10.8. The van der Waals surface area contributed by atoms with E-state index >= 15 is 0 Å². The minimum Gasteiger partial charge on any atom is -0.350 e. The molecule has 0 aliphatic heterocycles. The first-order valence-electron chi connectivity index (χ1n) is 7.70. The van der Waals surface area contributed by atoms with Gasteiger partial charge in [-0.15, -0.1) is 0 Å². The van der Waals surface area contributed by atoms with Crippen LogP contribution in [0, 0.1) is 0 Å². The Hall–Kier alpha value is -2.25. The number of hydrogen-bond acceptors (Lipinski definition) is 3. The van der Waals surface area contributed by atoms with Gasteiger partial charge in [0.05, 0.1) is 6.20 Å². The third kappa shape index (κ3) is 3.75. The lowest BCUT2D eigenvalue weighted by Gasteiger charge is -2.07. The van der Waals surface area contributed by atoms with Crippen molar-refractivity contribution in [2.45, 2.75) is 51.7 Å². The van der Waals surface area contributed by atoms with E-state index < -0.39 is 6.43 Å². The highest BCUT2D eigenvalue weighted by atomic mass is 19.3. The van der Waals surface area contributed by atoms with E-state index in [1.54, 1.807) is 10.9 Å².